The molecular formula is C10H9ClN2O2. The molecule has 5 heteroatoms. The largest absolute Gasteiger partial charge is 0.464 e. The Morgan fingerprint density at radius 2 is 2.33 bits per heavy atom. The number of hydrogen-bond donors (Lipinski definition) is 1. The Hall–Kier alpha value is -1.55. The normalized spacial score (nSPS) is 10.6. The van der Waals surface area contributed by atoms with Crippen LogP contribution in [0.2, 0.25) is 5.15 Å². The Morgan fingerprint density at radius 1 is 1.60 bits per heavy atom. The molecule has 0 atom stereocenters. The van der Waals surface area contributed by atoms with Crippen molar-refractivity contribution in [1.29, 1.82) is 0 Å². The molecule has 0 aliphatic heterocycles. The fourth-order valence-electron chi connectivity index (χ4n) is 1.53. The van der Waals surface area contributed by atoms with Crippen LogP contribution in [0, 0.1) is 6.92 Å². The van der Waals surface area contributed by atoms with Crippen molar-refractivity contribution in [3.63, 3.8) is 0 Å². The first-order valence-electron chi connectivity index (χ1n) is 4.36. The van der Waals surface area contributed by atoms with E-state index < -0.39 is 5.97 Å². The van der Waals surface area contributed by atoms with Gasteiger partial charge in [-0.2, -0.15) is 0 Å². The fraction of sp³-hybridized carbons (Fsp3) is 0.200. The van der Waals surface area contributed by atoms with E-state index in [2.05, 4.69) is 14.7 Å². The maximum absolute atomic E-state index is 11.5. The van der Waals surface area contributed by atoms with Crippen LogP contribution < -0.4 is 0 Å². The number of aryl methyl sites for hydroxylation is 1. The molecule has 2 heterocycles. The monoisotopic (exact) mass is 224 g/mol. The molecule has 78 valence electrons. The second-order valence-corrected chi connectivity index (χ2v) is 3.57. The van der Waals surface area contributed by atoms with Gasteiger partial charge in [-0.1, -0.05) is 11.6 Å². The van der Waals surface area contributed by atoms with Crippen LogP contribution in [0.4, 0.5) is 0 Å². The lowest BCUT2D eigenvalue weighted by molar-refractivity contribution is 0.0596. The summed E-state index contributed by atoms with van der Waals surface area (Å²) in [7, 11) is 1.32. The van der Waals surface area contributed by atoms with E-state index in [1.54, 1.807) is 12.3 Å². The number of aromatic nitrogens is 2. The Morgan fingerprint density at radius 3 is 3.00 bits per heavy atom. The van der Waals surface area contributed by atoms with Crippen molar-refractivity contribution in [2.75, 3.05) is 7.11 Å². The fourth-order valence-corrected chi connectivity index (χ4v) is 1.72. The van der Waals surface area contributed by atoms with Gasteiger partial charge >= 0.3 is 5.97 Å². The molecule has 0 aromatic carbocycles. The highest BCUT2D eigenvalue weighted by Crippen LogP contribution is 2.23. The van der Waals surface area contributed by atoms with Crippen LogP contribution in [0.15, 0.2) is 12.3 Å². The quantitative estimate of drug-likeness (QED) is 0.597. The number of nitrogens with one attached hydrogen (secondary N) is 1. The number of pyridine rings is 1. The highest BCUT2D eigenvalue weighted by atomic mass is 35.5. The summed E-state index contributed by atoms with van der Waals surface area (Å²) in [5.74, 6) is -0.481. The van der Waals surface area contributed by atoms with Gasteiger partial charge in [-0.25, -0.2) is 9.78 Å². The Balaban J connectivity index is 2.80. The molecule has 2 aromatic heterocycles. The van der Waals surface area contributed by atoms with Gasteiger partial charge in [0.25, 0.3) is 0 Å². The van der Waals surface area contributed by atoms with Gasteiger partial charge in [-0.05, 0) is 18.6 Å². The molecule has 0 saturated carbocycles. The van der Waals surface area contributed by atoms with E-state index in [1.165, 1.54) is 7.11 Å². The number of aromatic amines is 1. The van der Waals surface area contributed by atoms with Crippen molar-refractivity contribution in [2.45, 2.75) is 6.92 Å². The smallest absolute Gasteiger partial charge is 0.357 e. The topological polar surface area (TPSA) is 55.0 Å². The van der Waals surface area contributed by atoms with Gasteiger partial charge in [0.05, 0.1) is 12.6 Å². The predicted molar refractivity (Wildman–Crippen MR) is 57.2 cm³/mol. The van der Waals surface area contributed by atoms with Gasteiger partial charge in [-0.15, -0.1) is 0 Å². The minimum absolute atomic E-state index is 0.249. The molecule has 2 aromatic rings. The second kappa shape index (κ2) is 3.55. The summed E-state index contributed by atoms with van der Waals surface area (Å²) >= 11 is 5.80. The number of hydrogen-bond acceptors (Lipinski definition) is 3. The average molecular weight is 225 g/mol. The summed E-state index contributed by atoms with van der Waals surface area (Å²) in [6.07, 6.45) is 1.80. The zero-order valence-electron chi connectivity index (χ0n) is 8.30. The SMILES string of the molecule is COC(=O)c1nc(Cl)cc2[nH]cc(C)c12. The molecule has 0 radical (unpaired) electrons. The summed E-state index contributed by atoms with van der Waals surface area (Å²) < 4.78 is 4.65. The predicted octanol–water partition coefficient (Wildman–Crippen LogP) is 2.31. The van der Waals surface area contributed by atoms with Gasteiger partial charge < -0.3 is 9.72 Å². The average Bonchev–Trinajstić information content (AvgIpc) is 2.58. The molecule has 4 nitrogen and oxygen atoms in total. The van der Waals surface area contributed by atoms with Crippen molar-refractivity contribution in [1.82, 2.24) is 9.97 Å². The molecule has 0 bridgehead atoms. The summed E-state index contributed by atoms with van der Waals surface area (Å²) in [5.41, 5.74) is 1.97. The zero-order chi connectivity index (χ0) is 11.0. The van der Waals surface area contributed by atoms with Crippen LogP contribution in [0.25, 0.3) is 10.9 Å². The number of halogens is 1. The Labute approximate surface area is 91.2 Å². The van der Waals surface area contributed by atoms with E-state index in [-0.39, 0.29) is 10.8 Å². The van der Waals surface area contributed by atoms with Crippen molar-refractivity contribution in [2.24, 2.45) is 0 Å². The molecule has 0 unspecified atom stereocenters. The van der Waals surface area contributed by atoms with E-state index >= 15 is 0 Å². The Bertz CT molecular complexity index is 533. The van der Waals surface area contributed by atoms with Crippen molar-refractivity contribution >= 4 is 28.5 Å². The van der Waals surface area contributed by atoms with Gasteiger partial charge in [0.2, 0.25) is 0 Å². The van der Waals surface area contributed by atoms with E-state index in [0.29, 0.717) is 0 Å². The molecule has 2 rings (SSSR count). The first-order chi connectivity index (χ1) is 7.13. The zero-order valence-corrected chi connectivity index (χ0v) is 9.05. The molecule has 1 N–H and O–H groups in total. The van der Waals surface area contributed by atoms with Gasteiger partial charge in [0, 0.05) is 11.6 Å². The lowest BCUT2D eigenvalue weighted by Gasteiger charge is -2.02. The van der Waals surface area contributed by atoms with Gasteiger partial charge in [0.1, 0.15) is 5.15 Å². The molecule has 0 aliphatic carbocycles. The van der Waals surface area contributed by atoms with Crippen LogP contribution in [-0.4, -0.2) is 23.0 Å². The van der Waals surface area contributed by atoms with E-state index in [0.717, 1.165) is 16.5 Å². The van der Waals surface area contributed by atoms with Crippen LogP contribution in [0.1, 0.15) is 16.1 Å². The number of carbonyl (C=O) groups is 1. The number of ether oxygens (including phenoxy) is 1. The molecule has 0 aliphatic rings. The summed E-state index contributed by atoms with van der Waals surface area (Å²) in [6.45, 7) is 1.89. The van der Waals surface area contributed by atoms with Crippen LogP contribution >= 0.6 is 11.6 Å². The first kappa shape index (κ1) is 9.98. The highest BCUT2D eigenvalue weighted by molar-refractivity contribution is 6.30. The number of rotatable bonds is 1. The van der Waals surface area contributed by atoms with Crippen molar-refractivity contribution < 1.29 is 9.53 Å². The number of esters is 1. The standard InChI is InChI=1S/C10H9ClN2O2/c1-5-4-12-6-3-7(11)13-9(8(5)6)10(14)15-2/h3-4,12H,1-2H3. The lowest BCUT2D eigenvalue weighted by atomic mass is 10.1. The molecule has 15 heavy (non-hydrogen) atoms. The van der Waals surface area contributed by atoms with Gasteiger partial charge in [-0.3, -0.25) is 0 Å². The molecular weight excluding hydrogens is 216 g/mol. The van der Waals surface area contributed by atoms with Crippen molar-refractivity contribution in [3.8, 4) is 0 Å². The second-order valence-electron chi connectivity index (χ2n) is 3.18. The third-order valence-corrected chi connectivity index (χ3v) is 2.40. The van der Waals surface area contributed by atoms with Crippen LogP contribution in [0.3, 0.4) is 0 Å². The van der Waals surface area contributed by atoms with E-state index in [1.807, 2.05) is 6.92 Å². The third kappa shape index (κ3) is 1.57. The minimum Gasteiger partial charge on any atom is -0.464 e. The molecule has 0 spiro atoms. The molecule has 0 amide bonds. The summed E-state index contributed by atoms with van der Waals surface area (Å²) in [5, 5.41) is 1.02. The van der Waals surface area contributed by atoms with E-state index in [4.69, 9.17) is 11.6 Å². The Kier molecular flexibility index (Phi) is 2.36. The van der Waals surface area contributed by atoms with E-state index in [9.17, 15) is 4.79 Å². The number of fused-ring (bicyclic) bond motifs is 1. The van der Waals surface area contributed by atoms with Crippen LogP contribution in [-0.2, 0) is 4.74 Å². The highest BCUT2D eigenvalue weighted by Gasteiger charge is 2.16. The number of nitrogens with zero attached hydrogens (tertiary/aromatic N) is 1. The lowest BCUT2D eigenvalue weighted by Crippen LogP contribution is -2.05. The maximum atomic E-state index is 11.5. The first-order valence-corrected chi connectivity index (χ1v) is 4.74. The minimum atomic E-state index is -0.481. The molecule has 0 saturated heterocycles. The summed E-state index contributed by atoms with van der Waals surface area (Å²) in [6, 6.07) is 1.68. The number of carbonyl (C=O) groups excluding carboxylic acids is 1. The third-order valence-electron chi connectivity index (χ3n) is 2.21. The molecule has 0 fully saturated rings. The van der Waals surface area contributed by atoms with Gasteiger partial charge in [0.15, 0.2) is 5.69 Å². The maximum Gasteiger partial charge on any atom is 0.357 e. The number of methoxy groups -OCH3 is 1. The van der Waals surface area contributed by atoms with Crippen molar-refractivity contribution in [3.05, 3.63) is 28.7 Å². The summed E-state index contributed by atoms with van der Waals surface area (Å²) in [4.78, 5) is 18.5. The van der Waals surface area contributed by atoms with Crippen LogP contribution in [0.5, 0.6) is 0 Å². The number of H-pyrrole nitrogens is 1.